The Kier molecular flexibility index (Phi) is 12.7. The fraction of sp³-hybridized carbons (Fsp3) is 0.650. The predicted octanol–water partition coefficient (Wildman–Crippen LogP) is 3.11. The average Bonchev–Trinajstić information content (AvgIpc) is 2.71. The second kappa shape index (κ2) is 14.2. The third-order valence-electron chi connectivity index (χ3n) is 4.90. The molecule has 0 heterocycles. The van der Waals surface area contributed by atoms with E-state index in [4.69, 9.17) is 4.74 Å². The van der Waals surface area contributed by atoms with Crippen LogP contribution in [0.5, 0.6) is 0 Å². The van der Waals surface area contributed by atoms with Gasteiger partial charge in [0.1, 0.15) is 0 Å². The zero-order valence-electron chi connectivity index (χ0n) is 17.2. The van der Waals surface area contributed by atoms with Crippen molar-refractivity contribution >= 4 is 46.4 Å². The Labute approximate surface area is 189 Å². The summed E-state index contributed by atoms with van der Waals surface area (Å²) in [4.78, 5) is 4.35. The normalized spacial score (nSPS) is 20.8. The third-order valence-corrected chi connectivity index (χ3v) is 6.64. The Morgan fingerprint density at radius 3 is 2.68 bits per heavy atom. The summed E-state index contributed by atoms with van der Waals surface area (Å²) in [6, 6.07) is 8.72. The Morgan fingerprint density at radius 2 is 2.04 bits per heavy atom. The van der Waals surface area contributed by atoms with Gasteiger partial charge in [0.05, 0.1) is 6.61 Å². The molecule has 28 heavy (non-hydrogen) atoms. The van der Waals surface area contributed by atoms with E-state index in [0.29, 0.717) is 17.9 Å². The largest absolute Gasteiger partial charge is 0.383 e. The lowest BCUT2D eigenvalue weighted by molar-refractivity contribution is 0.211. The van der Waals surface area contributed by atoms with Crippen LogP contribution >= 0.6 is 24.0 Å². The van der Waals surface area contributed by atoms with E-state index in [1.807, 2.05) is 6.92 Å². The molecule has 160 valence electrons. The number of methoxy groups -OCH3 is 1. The van der Waals surface area contributed by atoms with Gasteiger partial charge in [-0.05, 0) is 37.0 Å². The summed E-state index contributed by atoms with van der Waals surface area (Å²) in [5.74, 6) is 1.56. The lowest BCUT2D eigenvalue weighted by Gasteiger charge is -2.30. The van der Waals surface area contributed by atoms with Gasteiger partial charge in [-0.15, -0.1) is 24.0 Å². The van der Waals surface area contributed by atoms with E-state index in [1.165, 1.54) is 5.56 Å². The molecule has 3 N–H and O–H groups in total. The van der Waals surface area contributed by atoms with Crippen molar-refractivity contribution in [1.29, 1.82) is 0 Å². The molecule has 8 heteroatoms. The monoisotopic (exact) mass is 522 g/mol. The van der Waals surface area contributed by atoms with Gasteiger partial charge in [-0.25, -0.2) is 0 Å². The van der Waals surface area contributed by atoms with Crippen molar-refractivity contribution in [3.05, 3.63) is 29.8 Å². The molecule has 6 nitrogen and oxygen atoms in total. The minimum absolute atomic E-state index is 0. The number of ether oxygens (including phenoxy) is 1. The van der Waals surface area contributed by atoms with E-state index in [-0.39, 0.29) is 24.0 Å². The van der Waals surface area contributed by atoms with Crippen molar-refractivity contribution in [2.24, 2.45) is 4.99 Å². The minimum atomic E-state index is -0.704. The average molecular weight is 522 g/mol. The summed E-state index contributed by atoms with van der Waals surface area (Å²) in [5, 5.41) is 10.5. The second-order valence-corrected chi connectivity index (χ2v) is 8.85. The SMILES string of the molecule is CCS(=O)C1CCCC(NC(=NC)NCc2ccc(NCCOC)cc2)C1.I. The number of benzene rings is 1. The molecule has 1 aromatic carbocycles. The molecule has 1 saturated carbocycles. The molecule has 1 aliphatic rings. The lowest BCUT2D eigenvalue weighted by atomic mass is 9.95. The second-order valence-electron chi connectivity index (χ2n) is 6.84. The number of rotatable bonds is 9. The van der Waals surface area contributed by atoms with Gasteiger partial charge < -0.3 is 20.7 Å². The Balaban J connectivity index is 0.00000392. The summed E-state index contributed by atoms with van der Waals surface area (Å²) >= 11 is 0. The van der Waals surface area contributed by atoms with E-state index < -0.39 is 10.8 Å². The minimum Gasteiger partial charge on any atom is -0.383 e. The first-order chi connectivity index (χ1) is 13.2. The number of hydrogen-bond acceptors (Lipinski definition) is 4. The molecular formula is C20H35IN4O2S. The third kappa shape index (κ3) is 8.65. The van der Waals surface area contributed by atoms with Crippen molar-refractivity contribution in [1.82, 2.24) is 10.6 Å². The van der Waals surface area contributed by atoms with Crippen LogP contribution in [0.15, 0.2) is 29.3 Å². The number of guanidine groups is 1. The van der Waals surface area contributed by atoms with Gasteiger partial charge in [-0.3, -0.25) is 9.20 Å². The maximum atomic E-state index is 12.1. The summed E-state index contributed by atoms with van der Waals surface area (Å²) in [6.07, 6.45) is 4.28. The lowest BCUT2D eigenvalue weighted by Crippen LogP contribution is -2.46. The molecule has 0 amide bonds. The first-order valence-electron chi connectivity index (χ1n) is 9.82. The quantitative estimate of drug-likeness (QED) is 0.201. The van der Waals surface area contributed by atoms with Crippen LogP contribution in [0, 0.1) is 0 Å². The van der Waals surface area contributed by atoms with Gasteiger partial charge in [-0.1, -0.05) is 25.5 Å². The predicted molar refractivity (Wildman–Crippen MR) is 130 cm³/mol. The molecule has 1 aromatic rings. The van der Waals surface area contributed by atoms with Crippen LogP contribution in [0.25, 0.3) is 0 Å². The first-order valence-corrected chi connectivity index (χ1v) is 11.2. The van der Waals surface area contributed by atoms with Crippen LogP contribution < -0.4 is 16.0 Å². The summed E-state index contributed by atoms with van der Waals surface area (Å²) in [5.41, 5.74) is 2.29. The van der Waals surface area contributed by atoms with E-state index in [9.17, 15) is 4.21 Å². The Bertz CT molecular complexity index is 613. The van der Waals surface area contributed by atoms with Crippen molar-refractivity contribution in [2.45, 2.75) is 50.4 Å². The molecule has 2 rings (SSSR count). The number of nitrogens with zero attached hydrogens (tertiary/aromatic N) is 1. The number of aliphatic imine (C=N–C) groups is 1. The smallest absolute Gasteiger partial charge is 0.191 e. The maximum Gasteiger partial charge on any atom is 0.191 e. The molecule has 1 aliphatic carbocycles. The molecule has 0 radical (unpaired) electrons. The fourth-order valence-electron chi connectivity index (χ4n) is 3.36. The standard InChI is InChI=1S/C20H34N4O2S.HI/c1-4-27(25)19-7-5-6-18(14-19)24-20(21-2)23-15-16-8-10-17(11-9-16)22-12-13-26-3;/h8-11,18-19,22H,4-7,12-15H2,1-3H3,(H2,21,23,24);1H. The van der Waals surface area contributed by atoms with Gasteiger partial charge in [0, 0.05) is 60.8 Å². The van der Waals surface area contributed by atoms with E-state index >= 15 is 0 Å². The van der Waals surface area contributed by atoms with Crippen LogP contribution in [0.3, 0.4) is 0 Å². The number of hydrogen-bond donors (Lipinski definition) is 3. The molecule has 0 aliphatic heterocycles. The van der Waals surface area contributed by atoms with Gasteiger partial charge in [0.15, 0.2) is 5.96 Å². The van der Waals surface area contributed by atoms with Crippen LogP contribution in [-0.2, 0) is 22.1 Å². The summed E-state index contributed by atoms with van der Waals surface area (Å²) in [7, 11) is 2.79. The van der Waals surface area contributed by atoms with Gasteiger partial charge in [0.2, 0.25) is 0 Å². The topological polar surface area (TPSA) is 74.8 Å². The van der Waals surface area contributed by atoms with Gasteiger partial charge in [-0.2, -0.15) is 0 Å². The van der Waals surface area contributed by atoms with E-state index in [1.54, 1.807) is 14.2 Å². The van der Waals surface area contributed by atoms with Gasteiger partial charge >= 0.3 is 0 Å². The first kappa shape index (κ1) is 25.2. The zero-order chi connectivity index (χ0) is 19.5. The Hall–Kier alpha value is -0.870. The van der Waals surface area contributed by atoms with E-state index in [0.717, 1.165) is 56.2 Å². The highest BCUT2D eigenvalue weighted by molar-refractivity contribution is 14.0. The summed E-state index contributed by atoms with van der Waals surface area (Å²) < 4.78 is 17.2. The highest BCUT2D eigenvalue weighted by Crippen LogP contribution is 2.23. The molecule has 1 fully saturated rings. The molecule has 0 saturated heterocycles. The molecule has 0 aromatic heterocycles. The highest BCUT2D eigenvalue weighted by atomic mass is 127. The molecular weight excluding hydrogens is 487 g/mol. The molecule has 0 bridgehead atoms. The zero-order valence-corrected chi connectivity index (χ0v) is 20.3. The number of anilines is 1. The van der Waals surface area contributed by atoms with Crippen LogP contribution in [0.4, 0.5) is 5.69 Å². The molecule has 3 atom stereocenters. The van der Waals surface area contributed by atoms with Crippen LogP contribution in [0.1, 0.15) is 38.2 Å². The van der Waals surface area contributed by atoms with Crippen molar-refractivity contribution in [3.63, 3.8) is 0 Å². The van der Waals surface area contributed by atoms with Crippen molar-refractivity contribution in [3.8, 4) is 0 Å². The van der Waals surface area contributed by atoms with Crippen LogP contribution in [0.2, 0.25) is 0 Å². The maximum absolute atomic E-state index is 12.1. The highest BCUT2D eigenvalue weighted by Gasteiger charge is 2.25. The van der Waals surface area contributed by atoms with Crippen molar-refractivity contribution in [2.75, 3.05) is 38.4 Å². The van der Waals surface area contributed by atoms with Gasteiger partial charge in [0.25, 0.3) is 0 Å². The number of nitrogens with one attached hydrogen (secondary N) is 3. The van der Waals surface area contributed by atoms with E-state index in [2.05, 4.69) is 45.2 Å². The van der Waals surface area contributed by atoms with Crippen LogP contribution in [-0.4, -0.2) is 54.5 Å². The molecule has 0 spiro atoms. The summed E-state index contributed by atoms with van der Waals surface area (Å²) in [6.45, 7) is 4.22. The number of halogens is 1. The van der Waals surface area contributed by atoms with Crippen molar-refractivity contribution < 1.29 is 8.95 Å². The molecule has 3 unspecified atom stereocenters. The fourth-order valence-corrected chi connectivity index (χ4v) is 4.71. The Morgan fingerprint density at radius 1 is 1.29 bits per heavy atom.